The van der Waals surface area contributed by atoms with Gasteiger partial charge in [-0.3, -0.25) is 9.78 Å². The van der Waals surface area contributed by atoms with Crippen LogP contribution in [0.1, 0.15) is 11.1 Å². The van der Waals surface area contributed by atoms with Crippen molar-refractivity contribution in [3.63, 3.8) is 0 Å². The smallest absolute Gasteiger partial charge is 0.241 e. The third kappa shape index (κ3) is 3.55. The zero-order valence-electron chi connectivity index (χ0n) is 11.2. The standard InChI is InChI=1S/C15H17N3O2/c1-10-6-7-17-9-14(10)18-15(20)13(16)8-11-2-4-12(19)5-3-11/h2-7,9,13,19H,8,16H2,1H3,(H,18,20)/t13-/m0/s1. The van der Waals surface area contributed by atoms with Crippen LogP contribution in [0.5, 0.6) is 5.75 Å². The van der Waals surface area contributed by atoms with Crippen molar-refractivity contribution in [1.82, 2.24) is 4.98 Å². The average Bonchev–Trinajstić information content (AvgIpc) is 2.44. The minimum atomic E-state index is -0.654. The molecule has 0 radical (unpaired) electrons. The first-order valence-electron chi connectivity index (χ1n) is 6.31. The fraction of sp³-hybridized carbons (Fsp3) is 0.200. The number of nitrogens with one attached hydrogen (secondary N) is 1. The highest BCUT2D eigenvalue weighted by Gasteiger charge is 2.15. The number of carbonyl (C=O) groups is 1. The third-order valence-electron chi connectivity index (χ3n) is 3.03. The number of benzene rings is 1. The number of aryl methyl sites for hydroxylation is 1. The van der Waals surface area contributed by atoms with Gasteiger partial charge >= 0.3 is 0 Å². The van der Waals surface area contributed by atoms with Crippen molar-refractivity contribution in [2.24, 2.45) is 5.73 Å². The van der Waals surface area contributed by atoms with Crippen molar-refractivity contribution in [2.45, 2.75) is 19.4 Å². The Kier molecular flexibility index (Phi) is 4.32. The van der Waals surface area contributed by atoms with Crippen molar-refractivity contribution in [3.05, 3.63) is 53.9 Å². The van der Waals surface area contributed by atoms with Crippen molar-refractivity contribution in [3.8, 4) is 5.75 Å². The van der Waals surface area contributed by atoms with E-state index in [1.165, 1.54) is 0 Å². The van der Waals surface area contributed by atoms with Crippen LogP contribution in [0.2, 0.25) is 0 Å². The molecule has 20 heavy (non-hydrogen) atoms. The lowest BCUT2D eigenvalue weighted by atomic mass is 10.1. The fourth-order valence-electron chi connectivity index (χ4n) is 1.80. The summed E-state index contributed by atoms with van der Waals surface area (Å²) in [4.78, 5) is 16.0. The highest BCUT2D eigenvalue weighted by atomic mass is 16.3. The van der Waals surface area contributed by atoms with Gasteiger partial charge in [0.1, 0.15) is 5.75 Å². The summed E-state index contributed by atoms with van der Waals surface area (Å²) < 4.78 is 0. The highest BCUT2D eigenvalue weighted by Crippen LogP contribution is 2.13. The molecule has 1 amide bonds. The van der Waals surface area contributed by atoms with Crippen molar-refractivity contribution in [1.29, 1.82) is 0 Å². The van der Waals surface area contributed by atoms with Crippen molar-refractivity contribution < 1.29 is 9.90 Å². The summed E-state index contributed by atoms with van der Waals surface area (Å²) in [7, 11) is 0. The number of nitrogens with zero attached hydrogens (tertiary/aromatic N) is 1. The van der Waals surface area contributed by atoms with Crippen LogP contribution in [0.3, 0.4) is 0 Å². The molecule has 0 spiro atoms. The first kappa shape index (κ1) is 14.0. The highest BCUT2D eigenvalue weighted by molar-refractivity contribution is 5.95. The van der Waals surface area contributed by atoms with Crippen LogP contribution < -0.4 is 11.1 Å². The van der Waals surface area contributed by atoms with E-state index in [9.17, 15) is 9.90 Å². The molecule has 104 valence electrons. The van der Waals surface area contributed by atoms with Crippen LogP contribution in [0, 0.1) is 6.92 Å². The first-order chi connectivity index (χ1) is 9.56. The number of pyridine rings is 1. The van der Waals surface area contributed by atoms with Gasteiger partial charge in [-0.2, -0.15) is 0 Å². The second-order valence-corrected chi connectivity index (χ2v) is 4.66. The molecule has 0 aliphatic heterocycles. The summed E-state index contributed by atoms with van der Waals surface area (Å²) >= 11 is 0. The largest absolute Gasteiger partial charge is 0.508 e. The zero-order chi connectivity index (χ0) is 14.5. The summed E-state index contributed by atoms with van der Waals surface area (Å²) in [5.41, 5.74) is 8.39. The fourth-order valence-corrected chi connectivity index (χ4v) is 1.80. The molecule has 1 atom stereocenters. The maximum Gasteiger partial charge on any atom is 0.241 e. The van der Waals surface area contributed by atoms with Gasteiger partial charge in [0.2, 0.25) is 5.91 Å². The third-order valence-corrected chi connectivity index (χ3v) is 3.03. The maximum atomic E-state index is 12.0. The van der Waals surface area contributed by atoms with E-state index in [0.29, 0.717) is 12.1 Å². The van der Waals surface area contributed by atoms with E-state index in [-0.39, 0.29) is 11.7 Å². The summed E-state index contributed by atoms with van der Waals surface area (Å²) in [6, 6.07) is 7.81. The van der Waals surface area contributed by atoms with Gasteiger partial charge in [0.15, 0.2) is 0 Å². The molecule has 1 aromatic heterocycles. The Morgan fingerprint density at radius 2 is 2.05 bits per heavy atom. The van der Waals surface area contributed by atoms with E-state index in [0.717, 1.165) is 11.1 Å². The van der Waals surface area contributed by atoms with Gasteiger partial charge in [-0.15, -0.1) is 0 Å². The number of amides is 1. The van der Waals surface area contributed by atoms with Gasteiger partial charge in [-0.1, -0.05) is 12.1 Å². The second-order valence-electron chi connectivity index (χ2n) is 4.66. The van der Waals surface area contributed by atoms with Crippen LogP contribution in [0.25, 0.3) is 0 Å². The van der Waals surface area contributed by atoms with E-state index in [2.05, 4.69) is 10.3 Å². The van der Waals surface area contributed by atoms with E-state index in [1.807, 2.05) is 13.0 Å². The van der Waals surface area contributed by atoms with Gasteiger partial charge in [-0.25, -0.2) is 0 Å². The van der Waals surface area contributed by atoms with E-state index in [4.69, 9.17) is 5.73 Å². The van der Waals surface area contributed by atoms with E-state index in [1.54, 1.807) is 36.7 Å². The predicted octanol–water partition coefficient (Wildman–Crippen LogP) is 1.60. The van der Waals surface area contributed by atoms with Crippen LogP contribution in [-0.2, 0) is 11.2 Å². The summed E-state index contributed by atoms with van der Waals surface area (Å²) in [6.45, 7) is 1.89. The molecule has 0 aliphatic rings. The van der Waals surface area contributed by atoms with E-state index < -0.39 is 6.04 Å². The number of anilines is 1. The lowest BCUT2D eigenvalue weighted by Crippen LogP contribution is -2.37. The zero-order valence-corrected chi connectivity index (χ0v) is 11.2. The Morgan fingerprint density at radius 1 is 1.35 bits per heavy atom. The number of phenols is 1. The van der Waals surface area contributed by atoms with Gasteiger partial charge < -0.3 is 16.2 Å². The quantitative estimate of drug-likeness (QED) is 0.788. The Hall–Kier alpha value is -2.40. The van der Waals surface area contributed by atoms with Crippen LogP contribution in [0.4, 0.5) is 5.69 Å². The number of phenolic OH excluding ortho intramolecular Hbond substituents is 1. The number of aromatic nitrogens is 1. The van der Waals surface area contributed by atoms with Crippen LogP contribution in [-0.4, -0.2) is 22.0 Å². The van der Waals surface area contributed by atoms with Crippen LogP contribution in [0.15, 0.2) is 42.7 Å². The Bertz CT molecular complexity index is 596. The number of carbonyl (C=O) groups excluding carboxylic acids is 1. The molecule has 5 heteroatoms. The van der Waals surface area contributed by atoms with Gasteiger partial charge in [-0.05, 0) is 42.7 Å². The molecular weight excluding hydrogens is 254 g/mol. The lowest BCUT2D eigenvalue weighted by Gasteiger charge is -2.13. The van der Waals surface area contributed by atoms with Gasteiger partial charge in [0, 0.05) is 6.20 Å². The predicted molar refractivity (Wildman–Crippen MR) is 77.4 cm³/mol. The average molecular weight is 271 g/mol. The molecule has 4 N–H and O–H groups in total. The Balaban J connectivity index is 1.99. The molecule has 1 aromatic carbocycles. The monoisotopic (exact) mass is 271 g/mol. The lowest BCUT2D eigenvalue weighted by molar-refractivity contribution is -0.117. The maximum absolute atomic E-state index is 12.0. The van der Waals surface area contributed by atoms with Crippen molar-refractivity contribution in [2.75, 3.05) is 5.32 Å². The molecule has 0 fully saturated rings. The summed E-state index contributed by atoms with van der Waals surface area (Å²) in [5.74, 6) is -0.0630. The molecule has 2 aromatic rings. The molecular formula is C15H17N3O2. The summed E-state index contributed by atoms with van der Waals surface area (Å²) in [6.07, 6.45) is 3.67. The van der Waals surface area contributed by atoms with E-state index >= 15 is 0 Å². The topological polar surface area (TPSA) is 88.2 Å². The van der Waals surface area contributed by atoms with Crippen LogP contribution >= 0.6 is 0 Å². The number of nitrogens with two attached hydrogens (primary N) is 1. The van der Waals surface area contributed by atoms with Gasteiger partial charge in [0.25, 0.3) is 0 Å². The Morgan fingerprint density at radius 3 is 2.70 bits per heavy atom. The summed E-state index contributed by atoms with van der Waals surface area (Å²) in [5, 5.41) is 12.0. The number of hydrogen-bond donors (Lipinski definition) is 3. The normalized spacial score (nSPS) is 11.9. The molecule has 0 unspecified atom stereocenters. The minimum absolute atomic E-state index is 0.192. The molecule has 1 heterocycles. The second kappa shape index (κ2) is 6.16. The molecule has 0 bridgehead atoms. The first-order valence-corrected chi connectivity index (χ1v) is 6.31. The minimum Gasteiger partial charge on any atom is -0.508 e. The molecule has 0 saturated carbocycles. The number of hydrogen-bond acceptors (Lipinski definition) is 4. The molecule has 2 rings (SSSR count). The molecule has 5 nitrogen and oxygen atoms in total. The number of aromatic hydroxyl groups is 1. The molecule has 0 saturated heterocycles. The molecule has 0 aliphatic carbocycles. The van der Waals surface area contributed by atoms with Crippen molar-refractivity contribution >= 4 is 11.6 Å². The number of rotatable bonds is 4. The van der Waals surface area contributed by atoms with Gasteiger partial charge in [0.05, 0.1) is 17.9 Å². The SMILES string of the molecule is Cc1ccncc1NC(=O)[C@@H](N)Cc1ccc(O)cc1. The Labute approximate surface area is 117 Å².